The van der Waals surface area contributed by atoms with E-state index in [1.807, 2.05) is 0 Å². The number of carbonyl (C=O) groups excluding carboxylic acids is 1. The molecule has 0 aromatic carbocycles. The largest absolute Gasteiger partial charge is 0.303 e. The minimum atomic E-state index is 0.451. The standard InChI is InChI=1S/C12H18O/c1-8-6-9(4-5-13)11-7-10(8)12(11,2)3/h5-6,9-11H,4,7H2,1-3H3/t9-,10+,11-/m1/s1. The molecule has 0 radical (unpaired) electrons. The summed E-state index contributed by atoms with van der Waals surface area (Å²) in [5.41, 5.74) is 1.96. The lowest BCUT2D eigenvalue weighted by molar-refractivity contribution is -0.111. The predicted molar refractivity (Wildman–Crippen MR) is 53.3 cm³/mol. The van der Waals surface area contributed by atoms with Crippen LogP contribution in [0.2, 0.25) is 0 Å². The molecule has 1 saturated carbocycles. The fraction of sp³-hybridized carbons (Fsp3) is 0.750. The van der Waals surface area contributed by atoms with Crippen LogP contribution >= 0.6 is 0 Å². The van der Waals surface area contributed by atoms with Crippen LogP contribution in [0.1, 0.15) is 33.6 Å². The second kappa shape index (κ2) is 2.70. The van der Waals surface area contributed by atoms with Crippen LogP contribution in [0.5, 0.6) is 0 Å². The van der Waals surface area contributed by atoms with Crippen molar-refractivity contribution in [2.75, 3.05) is 0 Å². The molecule has 1 nitrogen and oxygen atoms in total. The topological polar surface area (TPSA) is 17.1 Å². The van der Waals surface area contributed by atoms with E-state index in [2.05, 4.69) is 26.8 Å². The SMILES string of the molecule is CC1=C[C@@H](CC=O)[C@H]2C[C@@H]1C2(C)C. The Morgan fingerprint density at radius 3 is 2.77 bits per heavy atom. The van der Waals surface area contributed by atoms with Gasteiger partial charge in [-0.05, 0) is 36.5 Å². The summed E-state index contributed by atoms with van der Waals surface area (Å²) >= 11 is 0. The first-order chi connectivity index (χ1) is 6.07. The fourth-order valence-electron chi connectivity index (χ4n) is 3.37. The third kappa shape index (κ3) is 1.09. The van der Waals surface area contributed by atoms with E-state index in [0.717, 1.165) is 24.5 Å². The minimum absolute atomic E-state index is 0.451. The normalized spacial score (nSPS) is 40.5. The van der Waals surface area contributed by atoms with Crippen LogP contribution in [0.15, 0.2) is 11.6 Å². The van der Waals surface area contributed by atoms with Crippen molar-refractivity contribution < 1.29 is 4.79 Å². The van der Waals surface area contributed by atoms with Gasteiger partial charge in [0, 0.05) is 6.42 Å². The monoisotopic (exact) mass is 178 g/mol. The summed E-state index contributed by atoms with van der Waals surface area (Å²) < 4.78 is 0. The number of rotatable bonds is 2. The van der Waals surface area contributed by atoms with Gasteiger partial charge < -0.3 is 4.79 Å². The van der Waals surface area contributed by atoms with E-state index in [4.69, 9.17) is 0 Å². The molecule has 0 spiro atoms. The van der Waals surface area contributed by atoms with Crippen molar-refractivity contribution in [2.24, 2.45) is 23.2 Å². The predicted octanol–water partition coefficient (Wildman–Crippen LogP) is 2.81. The van der Waals surface area contributed by atoms with Crippen LogP contribution < -0.4 is 0 Å². The first-order valence-electron chi connectivity index (χ1n) is 5.19. The molecule has 3 atom stereocenters. The van der Waals surface area contributed by atoms with Crippen molar-refractivity contribution in [2.45, 2.75) is 33.6 Å². The van der Waals surface area contributed by atoms with E-state index in [1.54, 1.807) is 0 Å². The third-order valence-electron chi connectivity index (χ3n) is 4.26. The number of carbonyl (C=O) groups is 1. The zero-order valence-corrected chi connectivity index (χ0v) is 8.71. The van der Waals surface area contributed by atoms with Gasteiger partial charge in [-0.15, -0.1) is 0 Å². The molecule has 0 amide bonds. The summed E-state index contributed by atoms with van der Waals surface area (Å²) in [6.45, 7) is 6.92. The Morgan fingerprint density at radius 1 is 1.62 bits per heavy atom. The highest BCUT2D eigenvalue weighted by molar-refractivity contribution is 5.51. The molecule has 13 heavy (non-hydrogen) atoms. The zero-order chi connectivity index (χ0) is 9.64. The van der Waals surface area contributed by atoms with Gasteiger partial charge in [-0.3, -0.25) is 0 Å². The molecule has 3 rings (SSSR count). The second-order valence-electron chi connectivity index (χ2n) is 5.19. The number of fused-ring (bicyclic) bond motifs is 1. The lowest BCUT2D eigenvalue weighted by atomic mass is 9.46. The molecule has 1 heteroatoms. The molecule has 3 aliphatic carbocycles. The molecule has 0 aromatic rings. The van der Waals surface area contributed by atoms with Crippen LogP contribution in [-0.4, -0.2) is 6.29 Å². The zero-order valence-electron chi connectivity index (χ0n) is 8.71. The van der Waals surface area contributed by atoms with E-state index in [1.165, 1.54) is 12.0 Å². The summed E-state index contributed by atoms with van der Waals surface area (Å²) in [5, 5.41) is 0. The van der Waals surface area contributed by atoms with Gasteiger partial charge >= 0.3 is 0 Å². The fourth-order valence-corrected chi connectivity index (χ4v) is 3.37. The van der Waals surface area contributed by atoms with Crippen molar-refractivity contribution in [1.29, 1.82) is 0 Å². The van der Waals surface area contributed by atoms with Gasteiger partial charge in [-0.25, -0.2) is 0 Å². The van der Waals surface area contributed by atoms with E-state index >= 15 is 0 Å². The summed E-state index contributed by atoms with van der Waals surface area (Å²) in [6, 6.07) is 0. The lowest BCUT2D eigenvalue weighted by Gasteiger charge is -2.59. The van der Waals surface area contributed by atoms with Crippen LogP contribution in [0, 0.1) is 23.2 Å². The van der Waals surface area contributed by atoms with Crippen LogP contribution in [-0.2, 0) is 4.79 Å². The van der Waals surface area contributed by atoms with Crippen LogP contribution in [0.25, 0.3) is 0 Å². The average Bonchev–Trinajstić information content (AvgIpc) is 2.03. The number of allylic oxidation sites excluding steroid dienone is 2. The number of hydrogen-bond donors (Lipinski definition) is 0. The molecule has 2 bridgehead atoms. The number of hydrogen-bond acceptors (Lipinski definition) is 1. The molecular formula is C12H18O. The highest BCUT2D eigenvalue weighted by Crippen LogP contribution is 2.61. The van der Waals surface area contributed by atoms with Crippen molar-refractivity contribution in [3.05, 3.63) is 11.6 Å². The van der Waals surface area contributed by atoms with E-state index in [9.17, 15) is 4.79 Å². The third-order valence-corrected chi connectivity index (χ3v) is 4.26. The van der Waals surface area contributed by atoms with Crippen LogP contribution in [0.3, 0.4) is 0 Å². The van der Waals surface area contributed by atoms with E-state index in [-0.39, 0.29) is 0 Å². The Hall–Kier alpha value is -0.590. The molecule has 0 aliphatic heterocycles. The summed E-state index contributed by atoms with van der Waals surface area (Å²) in [6.07, 6.45) is 5.44. The van der Waals surface area contributed by atoms with E-state index in [0.29, 0.717) is 11.3 Å². The Bertz CT molecular complexity index is 262. The highest BCUT2D eigenvalue weighted by Gasteiger charge is 2.53. The van der Waals surface area contributed by atoms with Crippen LogP contribution in [0.4, 0.5) is 0 Å². The Kier molecular flexibility index (Phi) is 1.86. The molecule has 0 unspecified atom stereocenters. The maximum absolute atomic E-state index is 10.5. The van der Waals surface area contributed by atoms with Crippen molar-refractivity contribution in [1.82, 2.24) is 0 Å². The molecule has 72 valence electrons. The molecule has 0 N–H and O–H groups in total. The maximum Gasteiger partial charge on any atom is 0.120 e. The van der Waals surface area contributed by atoms with Gasteiger partial charge in [-0.2, -0.15) is 0 Å². The average molecular weight is 178 g/mol. The van der Waals surface area contributed by atoms with Crippen molar-refractivity contribution in [3.8, 4) is 0 Å². The van der Waals surface area contributed by atoms with E-state index < -0.39 is 0 Å². The van der Waals surface area contributed by atoms with Gasteiger partial charge in [0.25, 0.3) is 0 Å². The Morgan fingerprint density at radius 2 is 2.31 bits per heavy atom. The number of aldehydes is 1. The van der Waals surface area contributed by atoms with Gasteiger partial charge in [0.15, 0.2) is 0 Å². The smallest absolute Gasteiger partial charge is 0.120 e. The minimum Gasteiger partial charge on any atom is -0.303 e. The molecule has 0 heterocycles. The maximum atomic E-state index is 10.5. The summed E-state index contributed by atoms with van der Waals surface area (Å²) in [7, 11) is 0. The van der Waals surface area contributed by atoms with Gasteiger partial charge in [0.05, 0.1) is 0 Å². The lowest BCUT2D eigenvalue weighted by Crippen LogP contribution is -2.51. The molecule has 3 aliphatic rings. The molecular weight excluding hydrogens is 160 g/mol. The Balaban J connectivity index is 2.24. The van der Waals surface area contributed by atoms with Gasteiger partial charge in [-0.1, -0.05) is 25.5 Å². The summed E-state index contributed by atoms with van der Waals surface area (Å²) in [4.78, 5) is 10.5. The first kappa shape index (κ1) is 8.98. The Labute approximate surface area is 80.2 Å². The highest BCUT2D eigenvalue weighted by atomic mass is 16.1. The first-order valence-corrected chi connectivity index (χ1v) is 5.19. The molecule has 0 aromatic heterocycles. The van der Waals surface area contributed by atoms with Crippen molar-refractivity contribution in [3.63, 3.8) is 0 Å². The molecule has 1 fully saturated rings. The second-order valence-corrected chi connectivity index (χ2v) is 5.19. The van der Waals surface area contributed by atoms with Gasteiger partial charge in [0.1, 0.15) is 6.29 Å². The van der Waals surface area contributed by atoms with Crippen molar-refractivity contribution >= 4 is 6.29 Å². The molecule has 0 saturated heterocycles. The van der Waals surface area contributed by atoms with Gasteiger partial charge in [0.2, 0.25) is 0 Å². The summed E-state index contributed by atoms with van der Waals surface area (Å²) in [5.74, 6) is 2.07. The quantitative estimate of drug-likeness (QED) is 0.469.